The number of rotatable bonds is 5. The van der Waals surface area contributed by atoms with Crippen molar-refractivity contribution in [2.75, 3.05) is 0 Å². The predicted molar refractivity (Wildman–Crippen MR) is 80.2 cm³/mol. The Morgan fingerprint density at radius 1 is 1.10 bits per heavy atom. The van der Waals surface area contributed by atoms with Gasteiger partial charge >= 0.3 is 0 Å². The topological polar surface area (TPSA) is 46.2 Å². The summed E-state index contributed by atoms with van der Waals surface area (Å²) < 4.78 is 0. The number of benzene rings is 1. The van der Waals surface area contributed by atoms with Gasteiger partial charge in [0.25, 0.3) is 0 Å². The van der Waals surface area contributed by atoms with Crippen LogP contribution >= 0.6 is 0 Å². The summed E-state index contributed by atoms with van der Waals surface area (Å²) in [7, 11) is 0. The maximum absolute atomic E-state index is 12.5. The highest BCUT2D eigenvalue weighted by atomic mass is 16.2. The van der Waals surface area contributed by atoms with E-state index in [4.69, 9.17) is 0 Å². The third kappa shape index (κ3) is 2.40. The molecule has 0 radical (unpaired) electrons. The summed E-state index contributed by atoms with van der Waals surface area (Å²) in [6.45, 7) is 6.02. The number of Topliss-reactive ketones (excluding diaryl/α,β-unsaturated/α-hetero) is 1. The van der Waals surface area contributed by atoms with Gasteiger partial charge in [0.2, 0.25) is 11.7 Å². The Bertz CT molecular complexity index is 568. The predicted octanol–water partition coefficient (Wildman–Crippen LogP) is 3.56. The number of carbonyl (C=O) groups is 2. The van der Waals surface area contributed by atoms with Gasteiger partial charge in [0.1, 0.15) is 0 Å². The fourth-order valence-electron chi connectivity index (χ4n) is 2.78. The molecule has 0 spiro atoms. The van der Waals surface area contributed by atoms with Gasteiger partial charge in [-0.1, -0.05) is 45.0 Å². The van der Waals surface area contributed by atoms with Crippen LogP contribution in [0.5, 0.6) is 0 Å². The van der Waals surface area contributed by atoms with Crippen LogP contribution in [0.3, 0.4) is 0 Å². The van der Waals surface area contributed by atoms with E-state index in [9.17, 15) is 9.59 Å². The monoisotopic (exact) mass is 271 g/mol. The van der Waals surface area contributed by atoms with Crippen LogP contribution in [-0.4, -0.2) is 11.7 Å². The van der Waals surface area contributed by atoms with E-state index in [1.54, 1.807) is 6.92 Å². The van der Waals surface area contributed by atoms with Gasteiger partial charge in [-0.05, 0) is 29.9 Å². The lowest BCUT2D eigenvalue weighted by Gasteiger charge is -2.17. The van der Waals surface area contributed by atoms with Crippen LogP contribution in [0.1, 0.15) is 56.0 Å². The number of nitrogens with one attached hydrogen (secondary N) is 1. The Labute approximate surface area is 120 Å². The Kier molecular flexibility index (Phi) is 4.38. The average Bonchev–Trinajstić information content (AvgIpc) is 2.75. The van der Waals surface area contributed by atoms with Crippen LogP contribution in [-0.2, 0) is 4.79 Å². The molecular formula is C17H21NO2. The van der Waals surface area contributed by atoms with Crippen molar-refractivity contribution in [2.45, 2.75) is 40.0 Å². The molecule has 1 N–H and O–H groups in total. The second kappa shape index (κ2) is 6.04. The Morgan fingerprint density at radius 2 is 1.70 bits per heavy atom. The zero-order valence-electron chi connectivity index (χ0n) is 12.3. The molecule has 20 heavy (non-hydrogen) atoms. The number of allylic oxidation sites excluding steroid dienone is 2. The van der Waals surface area contributed by atoms with Crippen LogP contribution in [0.4, 0.5) is 0 Å². The molecule has 1 aliphatic carbocycles. The molecule has 3 nitrogen and oxygen atoms in total. The van der Waals surface area contributed by atoms with Crippen molar-refractivity contribution in [2.24, 2.45) is 5.92 Å². The quantitative estimate of drug-likeness (QED) is 0.890. The Balaban J connectivity index is 2.54. The lowest BCUT2D eigenvalue weighted by atomic mass is 9.89. The first-order chi connectivity index (χ1) is 9.63. The molecule has 0 unspecified atom stereocenters. The van der Waals surface area contributed by atoms with Crippen molar-refractivity contribution in [1.82, 2.24) is 5.32 Å². The first-order valence-electron chi connectivity index (χ1n) is 7.32. The number of hydrogen-bond donors (Lipinski definition) is 1. The Morgan fingerprint density at radius 3 is 2.25 bits per heavy atom. The van der Waals surface area contributed by atoms with E-state index >= 15 is 0 Å². The smallest absolute Gasteiger partial charge is 0.224 e. The molecule has 1 amide bonds. The number of ketones is 1. The standard InChI is InChI=1S/C17H21NO2/c1-4-11(5-2)15-12-9-7-8-10-13(12)17(20)16(15)18-14(19)6-3/h7-11H,4-6H2,1-3H3,(H,18,19,20). The third-order valence-electron chi connectivity index (χ3n) is 3.94. The number of carbonyl (C=O) groups excluding carboxylic acids is 2. The highest BCUT2D eigenvalue weighted by Gasteiger charge is 2.33. The normalized spacial score (nSPS) is 13.9. The van der Waals surface area contributed by atoms with Crippen LogP contribution in [0.15, 0.2) is 30.0 Å². The molecule has 1 aliphatic rings. The molecule has 0 saturated heterocycles. The van der Waals surface area contributed by atoms with Crippen LogP contribution in [0.25, 0.3) is 5.57 Å². The highest BCUT2D eigenvalue weighted by Crippen LogP contribution is 2.39. The summed E-state index contributed by atoms with van der Waals surface area (Å²) in [5, 5.41) is 2.82. The average molecular weight is 271 g/mol. The number of fused-ring (bicyclic) bond motifs is 1. The van der Waals surface area contributed by atoms with Gasteiger partial charge in [-0.15, -0.1) is 0 Å². The van der Waals surface area contributed by atoms with Crippen molar-refractivity contribution >= 4 is 17.3 Å². The van der Waals surface area contributed by atoms with Gasteiger partial charge in [0.05, 0.1) is 5.70 Å². The van der Waals surface area contributed by atoms with E-state index < -0.39 is 0 Å². The van der Waals surface area contributed by atoms with Crippen LogP contribution in [0.2, 0.25) is 0 Å². The highest BCUT2D eigenvalue weighted by molar-refractivity contribution is 6.21. The molecule has 0 saturated carbocycles. The summed E-state index contributed by atoms with van der Waals surface area (Å²) in [6.07, 6.45) is 2.29. The van der Waals surface area contributed by atoms with Crippen LogP contribution in [0, 0.1) is 5.92 Å². The zero-order valence-corrected chi connectivity index (χ0v) is 12.3. The van der Waals surface area contributed by atoms with Crippen molar-refractivity contribution in [3.05, 3.63) is 41.1 Å². The largest absolute Gasteiger partial charge is 0.323 e. The lowest BCUT2D eigenvalue weighted by molar-refractivity contribution is -0.120. The van der Waals surface area contributed by atoms with Crippen molar-refractivity contribution in [3.8, 4) is 0 Å². The maximum Gasteiger partial charge on any atom is 0.224 e. The van der Waals surface area contributed by atoms with Gasteiger partial charge in [-0.2, -0.15) is 0 Å². The summed E-state index contributed by atoms with van der Waals surface area (Å²) in [6, 6.07) is 7.63. The minimum Gasteiger partial charge on any atom is -0.323 e. The van der Waals surface area contributed by atoms with E-state index in [0.29, 0.717) is 23.6 Å². The van der Waals surface area contributed by atoms with E-state index in [1.807, 2.05) is 24.3 Å². The molecule has 106 valence electrons. The first kappa shape index (κ1) is 14.5. The molecule has 2 rings (SSSR count). The summed E-state index contributed by atoms with van der Waals surface area (Å²) in [5.74, 6) is 0.142. The third-order valence-corrected chi connectivity index (χ3v) is 3.94. The lowest BCUT2D eigenvalue weighted by Crippen LogP contribution is -2.26. The molecule has 0 fully saturated rings. The molecule has 0 heterocycles. The van der Waals surface area contributed by atoms with Gasteiger partial charge < -0.3 is 5.32 Å². The first-order valence-corrected chi connectivity index (χ1v) is 7.32. The molecule has 3 heteroatoms. The minimum absolute atomic E-state index is 0.0516. The van der Waals surface area contributed by atoms with Gasteiger partial charge in [-0.3, -0.25) is 9.59 Å². The molecular weight excluding hydrogens is 250 g/mol. The van der Waals surface area contributed by atoms with Crippen LogP contribution < -0.4 is 5.32 Å². The van der Waals surface area contributed by atoms with E-state index in [-0.39, 0.29) is 11.7 Å². The zero-order chi connectivity index (χ0) is 14.7. The van der Waals surface area contributed by atoms with Gasteiger partial charge in [0.15, 0.2) is 0 Å². The molecule has 1 aromatic rings. The molecule has 0 atom stereocenters. The second-order valence-corrected chi connectivity index (χ2v) is 5.08. The fraction of sp³-hybridized carbons (Fsp3) is 0.412. The molecule has 0 aliphatic heterocycles. The number of hydrogen-bond acceptors (Lipinski definition) is 2. The van der Waals surface area contributed by atoms with E-state index in [1.165, 1.54) is 0 Å². The van der Waals surface area contributed by atoms with Crippen molar-refractivity contribution in [1.29, 1.82) is 0 Å². The SMILES string of the molecule is CCC(=O)NC1=C(C(CC)CC)c2ccccc2C1=O. The minimum atomic E-state index is -0.107. The van der Waals surface area contributed by atoms with Gasteiger partial charge in [0, 0.05) is 12.0 Å². The van der Waals surface area contributed by atoms with Gasteiger partial charge in [-0.25, -0.2) is 0 Å². The maximum atomic E-state index is 12.5. The molecule has 0 bridgehead atoms. The fourth-order valence-corrected chi connectivity index (χ4v) is 2.78. The number of amides is 1. The van der Waals surface area contributed by atoms with E-state index in [2.05, 4.69) is 19.2 Å². The van der Waals surface area contributed by atoms with Crippen molar-refractivity contribution in [3.63, 3.8) is 0 Å². The molecule has 0 aromatic heterocycles. The summed E-state index contributed by atoms with van der Waals surface area (Å²) >= 11 is 0. The summed E-state index contributed by atoms with van der Waals surface area (Å²) in [4.78, 5) is 24.2. The van der Waals surface area contributed by atoms with Crippen molar-refractivity contribution < 1.29 is 9.59 Å². The second-order valence-electron chi connectivity index (χ2n) is 5.08. The summed E-state index contributed by atoms with van der Waals surface area (Å²) in [5.41, 5.74) is 3.20. The Hall–Kier alpha value is -1.90. The van der Waals surface area contributed by atoms with E-state index in [0.717, 1.165) is 24.0 Å². The molecule has 1 aromatic carbocycles.